The van der Waals surface area contributed by atoms with E-state index in [-0.39, 0.29) is 16.8 Å². The van der Waals surface area contributed by atoms with Gasteiger partial charge in [-0.25, -0.2) is 9.18 Å². The Morgan fingerprint density at radius 2 is 1.58 bits per heavy atom. The first-order chi connectivity index (χ1) is 14.4. The first kappa shape index (κ1) is 21.7. The highest BCUT2D eigenvalue weighted by Gasteiger charge is 2.65. The van der Waals surface area contributed by atoms with Gasteiger partial charge in [0.15, 0.2) is 5.78 Å². The molecule has 5 heteroatoms. The third-order valence-electron chi connectivity index (χ3n) is 7.44. The van der Waals surface area contributed by atoms with Crippen molar-refractivity contribution in [3.05, 3.63) is 71.3 Å². The van der Waals surface area contributed by atoms with Crippen LogP contribution in [-0.4, -0.2) is 28.6 Å². The van der Waals surface area contributed by atoms with Crippen LogP contribution >= 0.6 is 0 Å². The molecule has 0 spiro atoms. The maximum atomic E-state index is 15.5. The second-order valence-electron chi connectivity index (χ2n) is 10.0. The molecule has 0 radical (unpaired) electrons. The van der Waals surface area contributed by atoms with E-state index >= 15 is 4.39 Å². The average Bonchev–Trinajstić information content (AvgIpc) is 3.25. The molecule has 0 amide bonds. The number of carbonyl (C=O) groups is 2. The normalized spacial score (nSPS) is 30.6. The van der Waals surface area contributed by atoms with E-state index in [2.05, 4.69) is 13.8 Å². The molecule has 31 heavy (non-hydrogen) atoms. The van der Waals surface area contributed by atoms with Crippen molar-refractivity contribution in [1.82, 2.24) is 0 Å². The maximum absolute atomic E-state index is 15.5. The van der Waals surface area contributed by atoms with E-state index in [1.807, 2.05) is 6.07 Å². The van der Waals surface area contributed by atoms with Gasteiger partial charge in [-0.2, -0.15) is 0 Å². The standard InChI is InChI=1S/C26H29FO4/c1-24(2)19-14-21(25(3,30)15-20(19)24)31-23(29)26(4,27)18-12-10-17(11-13-18)22(28)16-8-6-5-7-9-16/h5-13,19-21,30H,14-15H2,1-4H3/t19-,20+,21-,25-,26+/m1/s1. The van der Waals surface area contributed by atoms with Crippen molar-refractivity contribution < 1.29 is 23.8 Å². The minimum atomic E-state index is -2.39. The topological polar surface area (TPSA) is 63.6 Å². The van der Waals surface area contributed by atoms with Crippen molar-refractivity contribution in [2.75, 3.05) is 0 Å². The number of aliphatic hydroxyl groups is 1. The Hall–Kier alpha value is -2.53. The molecule has 5 atom stereocenters. The first-order valence-electron chi connectivity index (χ1n) is 10.8. The average molecular weight is 425 g/mol. The van der Waals surface area contributed by atoms with Gasteiger partial charge in [0, 0.05) is 16.7 Å². The summed E-state index contributed by atoms with van der Waals surface area (Å²) in [6.45, 7) is 7.13. The molecule has 2 aromatic carbocycles. The maximum Gasteiger partial charge on any atom is 0.348 e. The predicted molar refractivity (Wildman–Crippen MR) is 115 cm³/mol. The second-order valence-corrected chi connectivity index (χ2v) is 10.0. The molecule has 1 N–H and O–H groups in total. The van der Waals surface area contributed by atoms with Crippen molar-refractivity contribution in [1.29, 1.82) is 0 Å². The van der Waals surface area contributed by atoms with Gasteiger partial charge in [0.05, 0.1) is 5.60 Å². The number of ketones is 1. The van der Waals surface area contributed by atoms with Crippen LogP contribution in [-0.2, 0) is 15.2 Å². The third-order valence-corrected chi connectivity index (χ3v) is 7.44. The van der Waals surface area contributed by atoms with E-state index in [0.717, 1.165) is 6.92 Å². The third kappa shape index (κ3) is 3.80. The van der Waals surface area contributed by atoms with Crippen molar-refractivity contribution in [2.45, 2.75) is 57.9 Å². The molecule has 0 aliphatic heterocycles. The molecule has 0 bridgehead atoms. The Bertz CT molecular complexity index is 992. The lowest BCUT2D eigenvalue weighted by molar-refractivity contribution is -0.182. The second kappa shape index (κ2) is 7.27. The smallest absolute Gasteiger partial charge is 0.348 e. The first-order valence-corrected chi connectivity index (χ1v) is 10.8. The fraction of sp³-hybridized carbons (Fsp3) is 0.462. The zero-order chi connectivity index (χ0) is 22.6. The van der Waals surface area contributed by atoms with E-state index in [1.54, 1.807) is 31.2 Å². The molecule has 2 fully saturated rings. The monoisotopic (exact) mass is 424 g/mol. The number of ether oxygens (including phenoxy) is 1. The van der Waals surface area contributed by atoms with Crippen molar-refractivity contribution in [3.63, 3.8) is 0 Å². The number of carbonyl (C=O) groups excluding carboxylic acids is 2. The minimum Gasteiger partial charge on any atom is -0.457 e. The van der Waals surface area contributed by atoms with Gasteiger partial charge in [0.25, 0.3) is 0 Å². The van der Waals surface area contributed by atoms with Gasteiger partial charge in [-0.1, -0.05) is 68.4 Å². The molecule has 0 saturated heterocycles. The molecule has 2 aliphatic carbocycles. The van der Waals surface area contributed by atoms with E-state index in [0.29, 0.717) is 35.8 Å². The molecule has 2 aromatic rings. The van der Waals surface area contributed by atoms with E-state index in [4.69, 9.17) is 4.74 Å². The van der Waals surface area contributed by atoms with Crippen molar-refractivity contribution in [3.8, 4) is 0 Å². The lowest BCUT2D eigenvalue weighted by Gasteiger charge is -2.37. The zero-order valence-electron chi connectivity index (χ0n) is 18.4. The van der Waals surface area contributed by atoms with Gasteiger partial charge in [0.2, 0.25) is 5.67 Å². The molecule has 4 nitrogen and oxygen atoms in total. The van der Waals surface area contributed by atoms with Crippen molar-refractivity contribution in [2.24, 2.45) is 17.3 Å². The molecule has 164 valence electrons. The Morgan fingerprint density at radius 3 is 2.19 bits per heavy atom. The Balaban J connectivity index is 1.48. The van der Waals surface area contributed by atoms with Gasteiger partial charge in [0.1, 0.15) is 6.10 Å². The number of hydrogen-bond acceptors (Lipinski definition) is 4. The minimum absolute atomic E-state index is 0.113. The Morgan fingerprint density at radius 1 is 1.00 bits per heavy atom. The van der Waals surface area contributed by atoms with Crippen LogP contribution in [0, 0.1) is 17.3 Å². The Labute approximate surface area is 182 Å². The van der Waals surface area contributed by atoms with Gasteiger partial charge in [-0.05, 0) is 43.9 Å². The molecule has 0 aromatic heterocycles. The van der Waals surface area contributed by atoms with E-state index in [1.165, 1.54) is 24.3 Å². The van der Waals surface area contributed by atoms with Crippen LogP contribution in [0.5, 0.6) is 0 Å². The molecular formula is C26H29FO4. The fourth-order valence-electron chi connectivity index (χ4n) is 5.02. The summed E-state index contributed by atoms with van der Waals surface area (Å²) in [6.07, 6.45) is 0.343. The quantitative estimate of drug-likeness (QED) is 0.552. The number of benzene rings is 2. The highest BCUT2D eigenvalue weighted by molar-refractivity contribution is 6.09. The van der Waals surface area contributed by atoms with Crippen LogP contribution in [0.25, 0.3) is 0 Å². The zero-order valence-corrected chi connectivity index (χ0v) is 18.4. The van der Waals surface area contributed by atoms with E-state index < -0.39 is 23.3 Å². The van der Waals surface area contributed by atoms with Crippen molar-refractivity contribution >= 4 is 11.8 Å². The highest BCUT2D eigenvalue weighted by Crippen LogP contribution is 2.66. The fourth-order valence-corrected chi connectivity index (χ4v) is 5.02. The van der Waals surface area contributed by atoms with Crippen LogP contribution in [0.1, 0.15) is 62.0 Å². The number of fused-ring (bicyclic) bond motifs is 1. The number of rotatable bonds is 5. The van der Waals surface area contributed by atoms with Gasteiger partial charge < -0.3 is 9.84 Å². The van der Waals surface area contributed by atoms with Crippen LogP contribution in [0.15, 0.2) is 54.6 Å². The largest absolute Gasteiger partial charge is 0.457 e. The number of alkyl halides is 1. The van der Waals surface area contributed by atoms with Gasteiger partial charge in [-0.3, -0.25) is 4.79 Å². The number of hydrogen-bond donors (Lipinski definition) is 1. The van der Waals surface area contributed by atoms with Crippen LogP contribution in [0.4, 0.5) is 4.39 Å². The summed E-state index contributed by atoms with van der Waals surface area (Å²) in [4.78, 5) is 25.3. The number of esters is 1. The van der Waals surface area contributed by atoms with Gasteiger partial charge >= 0.3 is 5.97 Å². The summed E-state index contributed by atoms with van der Waals surface area (Å²) in [7, 11) is 0. The SMILES string of the molecule is CC1(C)[C@@H]2C[C@@H](OC(=O)[C@@](C)(F)c3ccc(C(=O)c4ccccc4)cc3)[C@](C)(O)C[C@@H]21. The summed E-state index contributed by atoms with van der Waals surface area (Å²) >= 11 is 0. The summed E-state index contributed by atoms with van der Waals surface area (Å²) in [6, 6.07) is 14.7. The molecule has 4 rings (SSSR count). The lowest BCUT2D eigenvalue weighted by atomic mass is 9.83. The van der Waals surface area contributed by atoms with Crippen LogP contribution in [0.3, 0.4) is 0 Å². The summed E-state index contributed by atoms with van der Waals surface area (Å²) in [5.41, 5.74) is -2.38. The predicted octanol–water partition coefficient (Wildman–Crippen LogP) is 4.83. The number of halogens is 1. The molecular weight excluding hydrogens is 395 g/mol. The van der Waals surface area contributed by atoms with Gasteiger partial charge in [-0.15, -0.1) is 0 Å². The molecule has 0 heterocycles. The van der Waals surface area contributed by atoms with Crippen LogP contribution < -0.4 is 0 Å². The summed E-state index contributed by atoms with van der Waals surface area (Å²) in [5, 5.41) is 10.8. The highest BCUT2D eigenvalue weighted by atomic mass is 19.1. The van der Waals surface area contributed by atoms with E-state index in [9.17, 15) is 14.7 Å². The van der Waals surface area contributed by atoms with Crippen LogP contribution in [0.2, 0.25) is 0 Å². The summed E-state index contributed by atoms with van der Waals surface area (Å²) < 4.78 is 21.0. The Kier molecular flexibility index (Phi) is 5.08. The lowest BCUT2D eigenvalue weighted by Crippen LogP contribution is -2.47. The molecule has 2 saturated carbocycles. The summed E-state index contributed by atoms with van der Waals surface area (Å²) in [5.74, 6) is -0.407. The molecule has 0 unspecified atom stereocenters. The molecule has 2 aliphatic rings.